The van der Waals surface area contributed by atoms with Crippen LogP contribution in [0.15, 0.2) is 95.5 Å². The van der Waals surface area contributed by atoms with E-state index in [9.17, 15) is 1.37 Å². The van der Waals surface area contributed by atoms with Gasteiger partial charge in [0.2, 0.25) is 0 Å². The Morgan fingerprint density at radius 1 is 0.673 bits per heavy atom. The lowest BCUT2D eigenvalue weighted by Crippen LogP contribution is -2.20. The highest BCUT2D eigenvalue weighted by Gasteiger charge is 2.28. The summed E-state index contributed by atoms with van der Waals surface area (Å²) in [5.41, 5.74) is 7.19. The van der Waals surface area contributed by atoms with Gasteiger partial charge in [-0.1, -0.05) is 80.6 Å². The van der Waals surface area contributed by atoms with E-state index in [0.717, 1.165) is 47.8 Å². The number of furan rings is 1. The molecule has 0 unspecified atom stereocenters. The molecule has 0 atom stereocenters. The van der Waals surface area contributed by atoms with Crippen LogP contribution in [0.25, 0.3) is 66.6 Å². The monoisotopic (exact) mass is 694 g/mol. The molecule has 2 heterocycles. The van der Waals surface area contributed by atoms with Gasteiger partial charge in [-0.15, -0.1) is 0 Å². The predicted molar refractivity (Wildman–Crippen MR) is 221 cm³/mol. The molecule has 0 bridgehead atoms. The molecule has 2 nitrogen and oxygen atoms in total. The lowest BCUT2D eigenvalue weighted by atomic mass is 9.71. The zero-order valence-electron chi connectivity index (χ0n) is 43.3. The Hall–Kier alpha value is -4.95. The van der Waals surface area contributed by atoms with E-state index in [1.54, 1.807) is 55.5 Å². The first-order valence-electron chi connectivity index (χ1n) is 24.4. The number of para-hydroxylation sites is 1. The van der Waals surface area contributed by atoms with Crippen molar-refractivity contribution in [2.24, 2.45) is 5.41 Å². The summed E-state index contributed by atoms with van der Waals surface area (Å²) in [7, 11) is 0. The highest BCUT2D eigenvalue weighted by atomic mass is 16.3. The van der Waals surface area contributed by atoms with Crippen LogP contribution < -0.4 is 0 Å². The molecule has 0 radical (unpaired) electrons. The normalized spacial score (nSPS) is 20.1. The third-order valence-corrected chi connectivity index (χ3v) is 11.1. The van der Waals surface area contributed by atoms with Crippen molar-refractivity contribution >= 4 is 21.9 Å². The van der Waals surface area contributed by atoms with E-state index in [-0.39, 0.29) is 38.8 Å². The van der Waals surface area contributed by atoms with Crippen LogP contribution in [0.2, 0.25) is 0 Å². The van der Waals surface area contributed by atoms with Gasteiger partial charge in [-0.2, -0.15) is 0 Å². The van der Waals surface area contributed by atoms with E-state index < -0.39 is 33.3 Å². The van der Waals surface area contributed by atoms with Crippen molar-refractivity contribution < 1.29 is 22.2 Å². The number of hydrogen-bond donors (Lipinski definition) is 0. The van der Waals surface area contributed by atoms with Crippen molar-refractivity contribution in [2.75, 3.05) is 0 Å². The second kappa shape index (κ2) is 12.9. The Morgan fingerprint density at radius 2 is 1.42 bits per heavy atom. The zero-order valence-corrected chi connectivity index (χ0v) is 30.3. The lowest BCUT2D eigenvalue weighted by molar-refractivity contribution is 0.224. The van der Waals surface area contributed by atoms with E-state index in [4.69, 9.17) is 20.9 Å². The van der Waals surface area contributed by atoms with Gasteiger partial charge in [0.15, 0.2) is 0 Å². The molecule has 7 aromatic rings. The van der Waals surface area contributed by atoms with Crippen LogP contribution in [0.5, 0.6) is 0 Å². The molecule has 0 N–H and O–H groups in total. The largest absolute Gasteiger partial charge is 0.455 e. The fourth-order valence-corrected chi connectivity index (χ4v) is 8.12. The Balaban J connectivity index is 1.25. The average Bonchev–Trinajstić information content (AvgIpc) is 3.60. The summed E-state index contributed by atoms with van der Waals surface area (Å²) < 4.78 is 117. The van der Waals surface area contributed by atoms with E-state index in [1.807, 2.05) is 38.1 Å². The van der Waals surface area contributed by atoms with Crippen molar-refractivity contribution in [3.8, 4) is 44.6 Å². The third kappa shape index (κ3) is 6.07. The highest BCUT2D eigenvalue weighted by Crippen LogP contribution is 2.44. The van der Waals surface area contributed by atoms with Crippen LogP contribution >= 0.6 is 0 Å². The second-order valence-electron chi connectivity index (χ2n) is 15.3. The molecular formula is C50H51NO. The third-order valence-electron chi connectivity index (χ3n) is 11.1. The summed E-state index contributed by atoms with van der Waals surface area (Å²) in [6.45, 7) is -0.392. The van der Waals surface area contributed by atoms with Crippen LogP contribution in [-0.4, -0.2) is 4.98 Å². The second-order valence-corrected chi connectivity index (χ2v) is 15.3. The smallest absolute Gasteiger partial charge is 0.144 e. The number of pyridine rings is 1. The van der Waals surface area contributed by atoms with E-state index in [0.29, 0.717) is 55.6 Å². The molecule has 0 aliphatic heterocycles. The first kappa shape index (κ1) is 22.2. The molecule has 0 amide bonds. The van der Waals surface area contributed by atoms with E-state index in [2.05, 4.69) is 18.8 Å². The minimum atomic E-state index is -2.74. The van der Waals surface area contributed by atoms with Crippen LogP contribution in [-0.2, 0) is 0 Å². The fourth-order valence-electron chi connectivity index (χ4n) is 8.12. The van der Waals surface area contributed by atoms with E-state index >= 15 is 0 Å². The number of aromatic nitrogens is 1. The summed E-state index contributed by atoms with van der Waals surface area (Å²) >= 11 is 0. The molecule has 52 heavy (non-hydrogen) atoms. The summed E-state index contributed by atoms with van der Waals surface area (Å²) in [6, 6.07) is 24.3. The molecule has 2 heteroatoms. The molecule has 0 spiro atoms. The minimum absolute atomic E-state index is 0.0936. The van der Waals surface area contributed by atoms with Crippen LogP contribution in [0.4, 0.5) is 0 Å². The van der Waals surface area contributed by atoms with Gasteiger partial charge in [-0.25, -0.2) is 0 Å². The minimum Gasteiger partial charge on any atom is -0.455 e. The van der Waals surface area contributed by atoms with Gasteiger partial charge in [-0.3, -0.25) is 4.98 Å². The SMILES string of the molecule is [2H]C([2H])([2H])c1cc(C)c2c(c1)oc1c(-c3cc(-c4c(C)cc(-c5ccc(-c6ccc(C7([2H])CCC(C)(C)CC7)cc6C)c(C([2H])([2H])[2H])c5)cc4C([2H])([2H])[2H])c(C([2H])([2H])[2H])cn3)cccc12. The summed E-state index contributed by atoms with van der Waals surface area (Å²) in [4.78, 5) is 4.58. The number of benzene rings is 5. The van der Waals surface area contributed by atoms with Crippen molar-refractivity contribution in [1.29, 1.82) is 0 Å². The van der Waals surface area contributed by atoms with Crippen molar-refractivity contribution in [2.45, 2.75) is 93.6 Å². The van der Waals surface area contributed by atoms with Crippen molar-refractivity contribution in [3.05, 3.63) is 136 Å². The van der Waals surface area contributed by atoms with Crippen LogP contribution in [0.1, 0.15) is 108 Å². The molecule has 5 aromatic carbocycles. The standard InChI is InChI=1S/C50H51NO/c1-29-21-32(4)48-43-12-10-11-42(49(43)52-46(48)22-29)45-27-44(35(7)28-51-45)47-33(5)25-39(26-34(47)6)38-14-16-41(31(3)24-38)40-15-13-37(23-30(40)2)36-17-19-50(8,9)20-18-36/h10-16,21-28,36H,17-20H2,1-9H3/i1D3,3D3,5D3,7D3,36D. The molecule has 2 aromatic heterocycles. The van der Waals surface area contributed by atoms with Gasteiger partial charge < -0.3 is 4.42 Å². The lowest BCUT2D eigenvalue weighted by Gasteiger charge is -2.34. The molecule has 1 saturated carbocycles. The van der Waals surface area contributed by atoms with Crippen LogP contribution in [0.3, 0.4) is 0 Å². The molecule has 262 valence electrons. The summed E-state index contributed by atoms with van der Waals surface area (Å²) in [6.07, 6.45) is 4.65. The number of hydrogen-bond acceptors (Lipinski definition) is 2. The van der Waals surface area contributed by atoms with Gasteiger partial charge in [0.25, 0.3) is 0 Å². The molecule has 1 fully saturated rings. The van der Waals surface area contributed by atoms with Gasteiger partial charge in [-0.05, 0) is 181 Å². The van der Waals surface area contributed by atoms with Gasteiger partial charge in [0.1, 0.15) is 11.2 Å². The summed E-state index contributed by atoms with van der Waals surface area (Å²) in [5, 5.41) is 1.44. The van der Waals surface area contributed by atoms with Gasteiger partial charge in [0, 0.05) is 40.4 Å². The fraction of sp³-hybridized carbons (Fsp3) is 0.300. The average molecular weight is 695 g/mol. The molecular weight excluding hydrogens is 631 g/mol. The van der Waals surface area contributed by atoms with Crippen molar-refractivity contribution in [3.63, 3.8) is 0 Å². The molecule has 1 aliphatic carbocycles. The summed E-state index contributed by atoms with van der Waals surface area (Å²) in [5.74, 6) is -0.709. The Morgan fingerprint density at radius 3 is 2.19 bits per heavy atom. The maximum Gasteiger partial charge on any atom is 0.144 e. The number of rotatable bonds is 5. The Kier molecular flexibility index (Phi) is 5.51. The number of aryl methyl sites for hydroxylation is 7. The Bertz CT molecular complexity index is 3010. The van der Waals surface area contributed by atoms with E-state index in [1.165, 1.54) is 18.3 Å². The number of fused-ring (bicyclic) bond motifs is 3. The topological polar surface area (TPSA) is 26.0 Å². The van der Waals surface area contributed by atoms with Crippen molar-refractivity contribution in [1.82, 2.24) is 4.98 Å². The van der Waals surface area contributed by atoms with Gasteiger partial charge >= 0.3 is 0 Å². The molecule has 0 saturated heterocycles. The first-order valence-corrected chi connectivity index (χ1v) is 17.9. The maximum absolute atomic E-state index is 9.31. The molecule has 8 rings (SSSR count). The van der Waals surface area contributed by atoms with Crippen LogP contribution in [0, 0.1) is 53.6 Å². The quantitative estimate of drug-likeness (QED) is 0.179. The molecule has 1 aliphatic rings. The zero-order chi connectivity index (χ0) is 47.4. The maximum atomic E-state index is 9.31. The number of nitrogens with zero attached hydrogens (tertiary/aromatic N) is 1. The Labute approximate surface area is 328 Å². The highest BCUT2D eigenvalue weighted by molar-refractivity contribution is 6.11. The van der Waals surface area contributed by atoms with Gasteiger partial charge in [0.05, 0.1) is 5.69 Å². The predicted octanol–water partition coefficient (Wildman–Crippen LogP) is 14.5. The first-order chi connectivity index (χ1) is 30.1.